The number of hydrogen-bond donors (Lipinski definition) is 0. The second-order valence-corrected chi connectivity index (χ2v) is 2.44. The Morgan fingerprint density at radius 2 is 2.46 bits per heavy atom. The molecule has 0 N–H and O–H groups in total. The molecule has 1 heterocycles. The monoisotopic (exact) mass is 172 g/mol. The molecule has 0 amide bonds. The molecule has 0 aliphatic carbocycles. The van der Waals surface area contributed by atoms with Crippen LogP contribution in [0.3, 0.4) is 0 Å². The van der Waals surface area contributed by atoms with Crippen LogP contribution in [0.5, 0.6) is 0 Å². The fourth-order valence-electron chi connectivity index (χ4n) is 0.984. The maximum atomic E-state index is 4.14. The van der Waals surface area contributed by atoms with E-state index in [1.807, 2.05) is 31.2 Å². The summed E-state index contributed by atoms with van der Waals surface area (Å²) in [4.78, 5) is 8.16. The summed E-state index contributed by atoms with van der Waals surface area (Å²) >= 11 is 0. The van der Waals surface area contributed by atoms with Gasteiger partial charge in [0.2, 0.25) is 0 Å². The fraction of sp³-hybridized carbons (Fsp3) is 0.0909. The molecule has 0 radical (unpaired) electrons. The van der Waals surface area contributed by atoms with Crippen molar-refractivity contribution in [1.82, 2.24) is 4.98 Å². The Morgan fingerprint density at radius 3 is 3.00 bits per heavy atom. The van der Waals surface area contributed by atoms with E-state index in [2.05, 4.69) is 16.6 Å². The number of allylic oxidation sites excluding steroid dienone is 2. The standard InChI is InChI=1S/C11H12N2/c1-3-6-11(13-4-2)10-7-5-8-12-9-10/h3-9H,2H2,1H3/b6-3-,13-11?. The number of rotatable bonds is 3. The van der Waals surface area contributed by atoms with Crippen molar-refractivity contribution in [2.75, 3.05) is 0 Å². The molecule has 0 atom stereocenters. The number of hydrogen-bond acceptors (Lipinski definition) is 2. The van der Waals surface area contributed by atoms with Gasteiger partial charge in [-0.3, -0.25) is 9.98 Å². The maximum Gasteiger partial charge on any atom is 0.0713 e. The first-order chi connectivity index (χ1) is 6.38. The van der Waals surface area contributed by atoms with E-state index in [0.29, 0.717) is 0 Å². The predicted octanol–water partition coefficient (Wildman–Crippen LogP) is 2.59. The topological polar surface area (TPSA) is 25.2 Å². The molecule has 0 unspecified atom stereocenters. The highest BCUT2D eigenvalue weighted by molar-refractivity contribution is 6.08. The van der Waals surface area contributed by atoms with Gasteiger partial charge >= 0.3 is 0 Å². The van der Waals surface area contributed by atoms with Gasteiger partial charge in [0.1, 0.15) is 0 Å². The molecule has 66 valence electrons. The van der Waals surface area contributed by atoms with Gasteiger partial charge in [0.15, 0.2) is 0 Å². The van der Waals surface area contributed by atoms with Gasteiger partial charge in [-0.1, -0.05) is 12.7 Å². The Kier molecular flexibility index (Phi) is 3.64. The van der Waals surface area contributed by atoms with Gasteiger partial charge in [-0.15, -0.1) is 0 Å². The lowest BCUT2D eigenvalue weighted by molar-refractivity contribution is 1.31. The minimum atomic E-state index is 0.880. The molecule has 0 aliphatic rings. The molecule has 0 fully saturated rings. The second kappa shape index (κ2) is 5.04. The fourth-order valence-corrected chi connectivity index (χ4v) is 0.984. The van der Waals surface area contributed by atoms with E-state index in [1.165, 1.54) is 6.20 Å². The molecule has 0 spiro atoms. The minimum absolute atomic E-state index is 0.880. The van der Waals surface area contributed by atoms with Crippen molar-refractivity contribution < 1.29 is 0 Å². The lowest BCUT2D eigenvalue weighted by Crippen LogP contribution is -1.95. The number of pyridine rings is 1. The quantitative estimate of drug-likeness (QED) is 0.643. The summed E-state index contributed by atoms with van der Waals surface area (Å²) in [7, 11) is 0. The smallest absolute Gasteiger partial charge is 0.0713 e. The van der Waals surface area contributed by atoms with E-state index in [9.17, 15) is 0 Å². The molecular weight excluding hydrogens is 160 g/mol. The Balaban J connectivity index is 3.03. The minimum Gasteiger partial charge on any atom is -0.264 e. The molecule has 1 aromatic heterocycles. The van der Waals surface area contributed by atoms with E-state index < -0.39 is 0 Å². The summed E-state index contributed by atoms with van der Waals surface area (Å²) in [6.45, 7) is 5.52. The Morgan fingerprint density at radius 1 is 1.62 bits per heavy atom. The molecule has 0 saturated carbocycles. The molecule has 1 aromatic rings. The molecular formula is C11H12N2. The number of nitrogens with zero attached hydrogens (tertiary/aromatic N) is 2. The summed E-state index contributed by atoms with van der Waals surface area (Å²) in [5, 5.41) is 0. The number of aromatic nitrogens is 1. The molecule has 0 bridgehead atoms. The third-order valence-electron chi connectivity index (χ3n) is 1.51. The second-order valence-electron chi connectivity index (χ2n) is 2.44. The van der Waals surface area contributed by atoms with Crippen molar-refractivity contribution in [2.45, 2.75) is 6.92 Å². The van der Waals surface area contributed by atoms with Gasteiger partial charge in [0, 0.05) is 24.2 Å². The van der Waals surface area contributed by atoms with Crippen molar-refractivity contribution in [2.24, 2.45) is 4.99 Å². The molecule has 1 rings (SSSR count). The van der Waals surface area contributed by atoms with Gasteiger partial charge in [-0.2, -0.15) is 0 Å². The summed E-state index contributed by atoms with van der Waals surface area (Å²) < 4.78 is 0. The van der Waals surface area contributed by atoms with Crippen LogP contribution in [0.15, 0.2) is 54.4 Å². The summed E-state index contributed by atoms with van der Waals surface area (Å²) in [5.74, 6) is 0. The molecule has 0 aliphatic heterocycles. The Labute approximate surface area is 78.4 Å². The average Bonchev–Trinajstić information content (AvgIpc) is 2.19. The van der Waals surface area contributed by atoms with Gasteiger partial charge in [0.05, 0.1) is 5.71 Å². The Hall–Kier alpha value is -1.70. The van der Waals surface area contributed by atoms with Crippen molar-refractivity contribution in [3.63, 3.8) is 0 Å². The van der Waals surface area contributed by atoms with Gasteiger partial charge in [-0.05, 0) is 25.1 Å². The normalized spacial score (nSPS) is 11.9. The molecule has 2 heteroatoms. The first kappa shape index (κ1) is 9.39. The van der Waals surface area contributed by atoms with Crippen molar-refractivity contribution >= 4 is 5.71 Å². The van der Waals surface area contributed by atoms with E-state index >= 15 is 0 Å². The third kappa shape index (κ3) is 2.67. The highest BCUT2D eigenvalue weighted by atomic mass is 14.7. The SMILES string of the molecule is C=CN=C(/C=C\C)c1cccnc1. The first-order valence-corrected chi connectivity index (χ1v) is 4.10. The van der Waals surface area contributed by atoms with E-state index in [-0.39, 0.29) is 0 Å². The molecule has 2 nitrogen and oxygen atoms in total. The van der Waals surface area contributed by atoms with E-state index in [0.717, 1.165) is 11.3 Å². The van der Waals surface area contributed by atoms with Crippen LogP contribution in [0.4, 0.5) is 0 Å². The molecule has 0 aromatic carbocycles. The summed E-state index contributed by atoms with van der Waals surface area (Å²) in [6.07, 6.45) is 8.92. The average molecular weight is 172 g/mol. The van der Waals surface area contributed by atoms with E-state index in [1.54, 1.807) is 12.4 Å². The largest absolute Gasteiger partial charge is 0.264 e. The van der Waals surface area contributed by atoms with Gasteiger partial charge in [-0.25, -0.2) is 0 Å². The van der Waals surface area contributed by atoms with Crippen LogP contribution >= 0.6 is 0 Å². The lowest BCUT2D eigenvalue weighted by Gasteiger charge is -1.97. The van der Waals surface area contributed by atoms with Crippen molar-refractivity contribution in [3.05, 3.63) is 55.0 Å². The van der Waals surface area contributed by atoms with Crippen LogP contribution in [-0.4, -0.2) is 10.7 Å². The zero-order valence-electron chi connectivity index (χ0n) is 7.64. The predicted molar refractivity (Wildman–Crippen MR) is 55.8 cm³/mol. The van der Waals surface area contributed by atoms with Crippen LogP contribution in [-0.2, 0) is 0 Å². The van der Waals surface area contributed by atoms with Gasteiger partial charge in [0.25, 0.3) is 0 Å². The van der Waals surface area contributed by atoms with Crippen molar-refractivity contribution in [1.29, 1.82) is 0 Å². The zero-order valence-corrected chi connectivity index (χ0v) is 7.64. The molecule has 13 heavy (non-hydrogen) atoms. The van der Waals surface area contributed by atoms with Crippen LogP contribution in [0.1, 0.15) is 12.5 Å². The zero-order chi connectivity index (χ0) is 9.52. The van der Waals surface area contributed by atoms with E-state index in [4.69, 9.17) is 0 Å². The van der Waals surface area contributed by atoms with Crippen LogP contribution in [0.2, 0.25) is 0 Å². The van der Waals surface area contributed by atoms with Crippen LogP contribution < -0.4 is 0 Å². The summed E-state index contributed by atoms with van der Waals surface area (Å²) in [5.41, 5.74) is 1.88. The summed E-state index contributed by atoms with van der Waals surface area (Å²) in [6, 6.07) is 3.85. The highest BCUT2D eigenvalue weighted by Crippen LogP contribution is 2.00. The lowest BCUT2D eigenvalue weighted by atomic mass is 10.1. The van der Waals surface area contributed by atoms with Crippen LogP contribution in [0, 0.1) is 0 Å². The molecule has 0 saturated heterocycles. The first-order valence-electron chi connectivity index (χ1n) is 4.10. The third-order valence-corrected chi connectivity index (χ3v) is 1.51. The highest BCUT2D eigenvalue weighted by Gasteiger charge is 1.96. The Bertz CT molecular complexity index is 323. The van der Waals surface area contributed by atoms with Crippen molar-refractivity contribution in [3.8, 4) is 0 Å². The maximum absolute atomic E-state index is 4.14. The number of aliphatic imine (C=N–C) groups is 1. The van der Waals surface area contributed by atoms with Crippen LogP contribution in [0.25, 0.3) is 0 Å². The van der Waals surface area contributed by atoms with Gasteiger partial charge < -0.3 is 0 Å².